The number of hydrogen-bond donors (Lipinski definition) is 2. The number of benzene rings is 3. The minimum absolute atomic E-state index is 0.219. The molecule has 2 N–H and O–H groups in total. The van der Waals surface area contributed by atoms with Gasteiger partial charge in [0.1, 0.15) is 42.4 Å². The third-order valence-electron chi connectivity index (χ3n) is 8.88. The Labute approximate surface area is 303 Å². The van der Waals surface area contributed by atoms with Crippen LogP contribution < -0.4 is 19.5 Å². The molecule has 1 saturated heterocycles. The number of ether oxygens (including phenoxy) is 3. The second kappa shape index (κ2) is 16.9. The molecule has 5 aromatic rings. The van der Waals surface area contributed by atoms with E-state index >= 15 is 0 Å². The van der Waals surface area contributed by atoms with Crippen LogP contribution in [0.3, 0.4) is 0 Å². The van der Waals surface area contributed by atoms with Crippen molar-refractivity contribution >= 4 is 23.2 Å². The smallest absolute Gasteiger partial charge is 0.142 e. The molecule has 6 rings (SSSR count). The van der Waals surface area contributed by atoms with Crippen LogP contribution in [0.2, 0.25) is 10.0 Å². The quantitative estimate of drug-likeness (QED) is 0.119. The zero-order valence-electron chi connectivity index (χ0n) is 28.2. The second-order valence-electron chi connectivity index (χ2n) is 12.6. The Morgan fingerprint density at radius 2 is 1.80 bits per heavy atom. The van der Waals surface area contributed by atoms with Crippen LogP contribution in [0, 0.1) is 24.2 Å². The molecule has 258 valence electrons. The fourth-order valence-corrected chi connectivity index (χ4v) is 6.72. The largest absolute Gasteiger partial charge is 0.492 e. The van der Waals surface area contributed by atoms with Crippen LogP contribution in [0.5, 0.6) is 17.2 Å². The molecule has 1 fully saturated rings. The standard InChI is InChI=1S/C39H40Cl2N6O3/c1-26-30(7-3-8-32(26)33-9-4-10-35(39(33)41)48-23-27-6-5-13-47(2)22-27)25-50-37-16-36(49-24-29-14-28(17-42)18-43-19-29)31(15-34(37)40)20-44-21-38-45-11-12-46-38/h3-4,7-12,14-16,18-19,27,44H,5-6,13,20-25H2,1-2H3,(H,45,46). The van der Waals surface area contributed by atoms with Crippen LogP contribution in [0.1, 0.15) is 46.5 Å². The molecule has 0 aliphatic carbocycles. The van der Waals surface area contributed by atoms with Crippen LogP contribution in [0.15, 0.2) is 79.4 Å². The van der Waals surface area contributed by atoms with Gasteiger partial charge in [-0.25, -0.2) is 4.98 Å². The lowest BCUT2D eigenvalue weighted by Gasteiger charge is -2.29. The molecule has 50 heavy (non-hydrogen) atoms. The third-order valence-corrected chi connectivity index (χ3v) is 9.56. The fourth-order valence-electron chi connectivity index (χ4n) is 6.19. The van der Waals surface area contributed by atoms with Gasteiger partial charge in [0, 0.05) is 66.6 Å². The van der Waals surface area contributed by atoms with Crippen molar-refractivity contribution in [2.45, 2.75) is 46.1 Å². The first kappa shape index (κ1) is 35.2. The summed E-state index contributed by atoms with van der Waals surface area (Å²) in [5, 5.41) is 13.7. The lowest BCUT2D eigenvalue weighted by molar-refractivity contribution is 0.150. The zero-order valence-corrected chi connectivity index (χ0v) is 29.7. The van der Waals surface area contributed by atoms with Crippen molar-refractivity contribution in [2.24, 2.45) is 5.92 Å². The van der Waals surface area contributed by atoms with Gasteiger partial charge in [0.15, 0.2) is 0 Å². The Morgan fingerprint density at radius 1 is 0.960 bits per heavy atom. The van der Waals surface area contributed by atoms with Crippen molar-refractivity contribution in [3.63, 3.8) is 0 Å². The summed E-state index contributed by atoms with van der Waals surface area (Å²) in [4.78, 5) is 13.9. The first-order chi connectivity index (χ1) is 24.4. The number of nitrogens with zero attached hydrogens (tertiary/aromatic N) is 4. The van der Waals surface area contributed by atoms with Gasteiger partial charge < -0.3 is 29.4 Å². The van der Waals surface area contributed by atoms with E-state index in [1.54, 1.807) is 24.7 Å². The molecule has 2 aromatic heterocycles. The molecular weight excluding hydrogens is 671 g/mol. The predicted octanol–water partition coefficient (Wildman–Crippen LogP) is 8.13. The van der Waals surface area contributed by atoms with Crippen molar-refractivity contribution in [1.29, 1.82) is 5.26 Å². The summed E-state index contributed by atoms with van der Waals surface area (Å²) in [5.74, 6) is 3.11. The van der Waals surface area contributed by atoms with Crippen molar-refractivity contribution in [3.05, 3.63) is 123 Å². The van der Waals surface area contributed by atoms with Crippen molar-refractivity contribution in [3.8, 4) is 34.4 Å². The second-order valence-corrected chi connectivity index (χ2v) is 13.4. The average Bonchev–Trinajstić information content (AvgIpc) is 3.65. The molecular formula is C39H40Cl2N6O3. The molecule has 0 amide bonds. The predicted molar refractivity (Wildman–Crippen MR) is 196 cm³/mol. The molecule has 0 spiro atoms. The molecule has 9 nitrogen and oxygen atoms in total. The number of H-pyrrole nitrogens is 1. The molecule has 0 radical (unpaired) electrons. The first-order valence-corrected chi connectivity index (χ1v) is 17.4. The topological polar surface area (TPSA) is 108 Å². The van der Waals surface area contributed by atoms with E-state index in [-0.39, 0.29) is 13.2 Å². The Morgan fingerprint density at radius 3 is 2.62 bits per heavy atom. The number of pyridine rings is 1. The average molecular weight is 712 g/mol. The van der Waals surface area contributed by atoms with Crippen LogP contribution >= 0.6 is 23.2 Å². The number of likely N-dealkylation sites (tertiary alicyclic amines) is 1. The van der Waals surface area contributed by atoms with Gasteiger partial charge in [-0.15, -0.1) is 0 Å². The highest BCUT2D eigenvalue weighted by molar-refractivity contribution is 6.35. The number of rotatable bonds is 14. The van der Waals surface area contributed by atoms with Gasteiger partial charge in [-0.1, -0.05) is 53.5 Å². The first-order valence-electron chi connectivity index (χ1n) is 16.7. The highest BCUT2D eigenvalue weighted by atomic mass is 35.5. The number of nitrogens with one attached hydrogen (secondary N) is 2. The van der Waals surface area contributed by atoms with Crippen LogP contribution in [-0.2, 0) is 26.3 Å². The highest BCUT2D eigenvalue weighted by Crippen LogP contribution is 2.39. The summed E-state index contributed by atoms with van der Waals surface area (Å²) >= 11 is 13.8. The SMILES string of the molecule is Cc1c(COc2cc(OCc3cncc(C#N)c3)c(CNCc3ncc[nH]3)cc2Cl)cccc1-c1cccc(OCC2CCCN(C)C2)c1Cl. The van der Waals surface area contributed by atoms with Crippen LogP contribution in [0.25, 0.3) is 11.1 Å². The van der Waals surface area contributed by atoms with E-state index in [1.165, 1.54) is 19.0 Å². The van der Waals surface area contributed by atoms with Crippen molar-refractivity contribution in [1.82, 2.24) is 25.2 Å². The van der Waals surface area contributed by atoms with Gasteiger partial charge in [-0.2, -0.15) is 5.26 Å². The molecule has 11 heteroatoms. The number of hydrogen-bond acceptors (Lipinski definition) is 8. The molecule has 1 aliphatic rings. The number of imidazole rings is 1. The highest BCUT2D eigenvalue weighted by Gasteiger charge is 2.20. The van der Waals surface area contributed by atoms with Gasteiger partial charge in [-0.05, 0) is 68.2 Å². The number of halogens is 2. The van der Waals surface area contributed by atoms with E-state index in [2.05, 4.69) is 51.3 Å². The molecule has 3 heterocycles. The van der Waals surface area contributed by atoms with E-state index in [4.69, 9.17) is 37.4 Å². The Balaban J connectivity index is 1.18. The molecule has 0 bridgehead atoms. The van der Waals surface area contributed by atoms with Crippen molar-refractivity contribution < 1.29 is 14.2 Å². The van der Waals surface area contributed by atoms with Gasteiger partial charge >= 0.3 is 0 Å². The van der Waals surface area contributed by atoms with E-state index in [1.807, 2.05) is 42.5 Å². The molecule has 3 aromatic carbocycles. The van der Waals surface area contributed by atoms with Crippen LogP contribution in [0.4, 0.5) is 0 Å². The minimum atomic E-state index is 0.219. The Kier molecular flexibility index (Phi) is 11.9. The summed E-state index contributed by atoms with van der Waals surface area (Å²) in [5.41, 5.74) is 6.08. The minimum Gasteiger partial charge on any atom is -0.492 e. The fraction of sp³-hybridized carbons (Fsp3) is 0.308. The summed E-state index contributed by atoms with van der Waals surface area (Å²) < 4.78 is 18.9. The van der Waals surface area contributed by atoms with Gasteiger partial charge in [0.25, 0.3) is 0 Å². The Hall–Kier alpha value is -4.59. The summed E-state index contributed by atoms with van der Waals surface area (Å²) in [7, 11) is 2.16. The maximum Gasteiger partial charge on any atom is 0.142 e. The van der Waals surface area contributed by atoms with E-state index < -0.39 is 0 Å². The number of aromatic nitrogens is 3. The third kappa shape index (κ3) is 8.95. The molecule has 0 saturated carbocycles. The molecule has 1 atom stereocenters. The normalized spacial score (nSPS) is 14.7. The molecule has 1 aliphatic heterocycles. The zero-order chi connectivity index (χ0) is 34.9. The van der Waals surface area contributed by atoms with E-state index in [0.29, 0.717) is 58.5 Å². The summed E-state index contributed by atoms with van der Waals surface area (Å²) in [6.07, 6.45) is 9.06. The number of piperidine rings is 1. The van der Waals surface area contributed by atoms with Gasteiger partial charge in [-0.3, -0.25) is 4.98 Å². The lowest BCUT2D eigenvalue weighted by atomic mass is 9.96. The van der Waals surface area contributed by atoms with E-state index in [9.17, 15) is 5.26 Å². The summed E-state index contributed by atoms with van der Waals surface area (Å²) in [6.45, 7) is 6.43. The van der Waals surface area contributed by atoms with Crippen LogP contribution in [-0.4, -0.2) is 46.6 Å². The van der Waals surface area contributed by atoms with Gasteiger partial charge in [0.05, 0.1) is 28.8 Å². The van der Waals surface area contributed by atoms with E-state index in [0.717, 1.165) is 52.3 Å². The monoisotopic (exact) mass is 710 g/mol. The lowest BCUT2D eigenvalue weighted by Crippen LogP contribution is -2.34. The number of aromatic amines is 1. The summed E-state index contributed by atoms with van der Waals surface area (Å²) in [6, 6.07) is 19.6. The van der Waals surface area contributed by atoms with Gasteiger partial charge in [0.2, 0.25) is 0 Å². The van der Waals surface area contributed by atoms with Crippen molar-refractivity contribution in [2.75, 3.05) is 26.7 Å². The maximum atomic E-state index is 9.30. The maximum absolute atomic E-state index is 9.30. The molecule has 1 unspecified atom stereocenters. The Bertz CT molecular complexity index is 1950. The number of nitriles is 1.